The molecule has 6 aromatic rings. The number of hydrogen-bond donors (Lipinski definition) is 0. The minimum absolute atomic E-state index is 0. The molecule has 2 aromatic heterocycles. The summed E-state index contributed by atoms with van der Waals surface area (Å²) in [4.78, 5) is 0. The zero-order valence-corrected chi connectivity index (χ0v) is 112. The predicted octanol–water partition coefficient (Wildman–Crippen LogP) is 14.4. The first-order chi connectivity index (χ1) is 64.3. The molecule has 16 bridgehead atoms. The standard InChI is InChI=1S/C45H80N2O12PSi8.C33H70BrN2O12Si8.C12H10P.BrH.K/c1-37(2)27-61-48-62(28-38(3)4)51-65(31-41(9)10)53-63(49-61,29-39(5)6)55-67(33-43(13)14)56-64(50-61,30-40(7)8)54-66(52-62,32-42(11)12)58-68(57-65,59-67)36-47-26-25-46(34-47)35-60(44-21-17-15-18-22-44)45-23-19-16-20-24-45;1-27(2)17-49-37-50(18-28(3)4)40-53(21-31(9)10)42-51(38-49,19-29(5)6)44-55(23-33(13)14)45-52(39-49,20-30(7)8)43-54(41-50,22-32(11)12)47-56(46-53,48-55)26-36-16-15-35(24-34)25-36;1-3-7-11(8-4-1)13-12-9-5-2-6-10-12;;/h15-26,34,37-43H,27-33,35-36H2,1-14H3;15-16,25,27-33H,17-24,26H2,1-14H3;1-10H;1H;/q2*+1;-1;;+1/p-1. The second-order valence-electron chi connectivity index (χ2n) is 45.1. The predicted molar refractivity (Wildman–Crippen MR) is 569 cm³/mol. The molecule has 0 aliphatic carbocycles. The Balaban J connectivity index is 0.000000220. The molecular formula is C90H160Br2KN4O24P2Si16+. The molecule has 0 spiro atoms. The SMILES string of the molecule is CC(C)C[Si]12O[Si]3(CC(C)C)O[Si]4(CC(C)C)O[Si](CC(C)C)(O1)O[Si]1(CC(C)C)O[Si](CC(C)C)(O2)O[Si](CC(C)C)(O3)O[Si](Cn2cc[n+](CBr)c2)(O4)O1.CC(C)C[Si]12O[Si]3(CC(C)C)O[Si]4(CC(C)C)O[Si](CC(C)C)(O1)O[Si]1(CC(C)C)O[Si](CC(C)C)(O2)O[Si](CC(C)C)(O3)O[Si](Cn2cc[n+](CP(c3ccccc3)c3ccccc3)c2)(O4)O1.[Br-].[K+].c1ccc([P-]c2ccccc2)cc1. The summed E-state index contributed by atoms with van der Waals surface area (Å²) in [7, 11) is -63.5. The molecule has 4 aromatic carbocycles. The van der Waals surface area contributed by atoms with Crippen LogP contribution in [0.25, 0.3) is 0 Å². The largest absolute Gasteiger partial charge is 1.00 e. The van der Waals surface area contributed by atoms with Crippen molar-refractivity contribution in [3.8, 4) is 0 Å². The van der Waals surface area contributed by atoms with Crippen molar-refractivity contribution in [1.29, 1.82) is 0 Å². The van der Waals surface area contributed by atoms with Crippen molar-refractivity contribution < 1.29 is 176 Å². The van der Waals surface area contributed by atoms with Gasteiger partial charge in [-0.1, -0.05) is 315 Å². The van der Waals surface area contributed by atoms with E-state index in [0.717, 1.165) is 6.29 Å². The number of benzene rings is 4. The van der Waals surface area contributed by atoms with E-state index in [4.69, 9.17) is 98.8 Å². The van der Waals surface area contributed by atoms with E-state index >= 15 is 0 Å². The number of imidazole rings is 2. The van der Waals surface area contributed by atoms with Crippen LogP contribution in [0.15, 0.2) is 159 Å². The first kappa shape index (κ1) is 119. The molecule has 12 fully saturated rings. The van der Waals surface area contributed by atoms with E-state index in [1.165, 1.54) is 29.8 Å². The second-order valence-corrected chi connectivity index (χ2v) is 96.8. The van der Waals surface area contributed by atoms with Crippen molar-refractivity contribution in [3.05, 3.63) is 159 Å². The monoisotopic (exact) mass is 2390 g/mol. The number of alkyl halides is 1. The van der Waals surface area contributed by atoms with E-state index in [0.29, 0.717) is 90.1 Å². The Hall–Kier alpha value is 1.27. The Morgan fingerprint density at radius 3 is 0.568 bits per heavy atom. The van der Waals surface area contributed by atoms with Gasteiger partial charge >= 0.3 is 192 Å². The fourth-order valence-corrected chi connectivity index (χ4v) is 126. The van der Waals surface area contributed by atoms with Gasteiger partial charge in [-0.3, -0.25) is 0 Å². The Morgan fingerprint density at radius 2 is 0.403 bits per heavy atom. The van der Waals surface area contributed by atoms with Crippen LogP contribution in [0.2, 0.25) is 84.6 Å². The first-order valence-electron chi connectivity index (χ1n) is 50.5. The zero-order chi connectivity index (χ0) is 99.1. The van der Waals surface area contributed by atoms with Crippen LogP contribution >= 0.6 is 32.4 Å². The van der Waals surface area contributed by atoms with Crippen LogP contribution in [-0.2, 0) is 123 Å². The minimum atomic E-state index is -4.23. The van der Waals surface area contributed by atoms with Gasteiger partial charge in [-0.15, -0.1) is 0 Å². The molecule has 772 valence electrons. The van der Waals surface area contributed by atoms with Gasteiger partial charge < -0.3 is 124 Å². The maximum Gasteiger partial charge on any atom is 1.00 e. The number of rotatable bonds is 39. The average Bonchev–Trinajstić information content (AvgIpc) is 1.66. The van der Waals surface area contributed by atoms with Gasteiger partial charge in [0.1, 0.15) is 36.5 Å². The van der Waals surface area contributed by atoms with Crippen LogP contribution in [0.1, 0.15) is 194 Å². The van der Waals surface area contributed by atoms with Gasteiger partial charge in [0.2, 0.25) is 12.7 Å². The normalized spacial score (nSPS) is 34.0. The van der Waals surface area contributed by atoms with Gasteiger partial charge in [-0.05, 0) is 117 Å². The van der Waals surface area contributed by atoms with Crippen LogP contribution in [0.4, 0.5) is 0 Å². The topological polar surface area (TPSA) is 239 Å². The molecule has 0 N–H and O–H groups in total. The number of hydrogen-bond acceptors (Lipinski definition) is 24. The van der Waals surface area contributed by atoms with Crippen LogP contribution < -0.4 is 98.7 Å². The van der Waals surface area contributed by atoms with Crippen molar-refractivity contribution in [2.24, 2.45) is 82.9 Å². The Bertz CT molecular complexity index is 4530. The second kappa shape index (κ2) is 48.1. The molecule has 0 saturated carbocycles. The first-order valence-corrected chi connectivity index (χ1v) is 84.9. The number of nitrogens with zero attached hydrogens (tertiary/aromatic N) is 4. The van der Waals surface area contributed by atoms with Crippen LogP contribution in [0.3, 0.4) is 0 Å². The minimum Gasteiger partial charge on any atom is -1.00 e. The average molecular weight is 2390 g/mol. The fraction of sp³-hybridized carbons (Fsp3) is 0.667. The van der Waals surface area contributed by atoms with E-state index in [9.17, 15) is 0 Å². The maximum absolute atomic E-state index is 8.04. The number of aromatic nitrogens is 4. The third-order valence-electron chi connectivity index (χ3n) is 23.3. The third kappa shape index (κ3) is 30.5. The summed E-state index contributed by atoms with van der Waals surface area (Å²) < 4.78 is 198. The van der Waals surface area contributed by atoms with Crippen molar-refractivity contribution >= 4 is 195 Å². The molecular weight excluding hydrogens is 2230 g/mol. The van der Waals surface area contributed by atoms with Gasteiger partial charge in [0.15, 0.2) is 12.3 Å². The van der Waals surface area contributed by atoms with Gasteiger partial charge in [0.05, 0.1) is 0 Å². The van der Waals surface area contributed by atoms with Crippen LogP contribution in [0.5, 0.6) is 0 Å². The van der Waals surface area contributed by atoms with E-state index in [2.05, 4.69) is 351 Å². The van der Waals surface area contributed by atoms with E-state index < -0.39 is 149 Å². The summed E-state index contributed by atoms with van der Waals surface area (Å²) >= 11 is 3.62. The van der Waals surface area contributed by atoms with Crippen LogP contribution in [0, 0.1) is 82.9 Å². The van der Waals surface area contributed by atoms with Gasteiger partial charge in [-0.25, -0.2) is 28.9 Å². The molecule has 12 aliphatic rings. The molecule has 0 atom stereocenters. The molecule has 0 radical (unpaired) electrons. The van der Waals surface area contributed by atoms with Gasteiger partial charge in [0, 0.05) is 84.6 Å². The quantitative estimate of drug-likeness (QED) is 0.0151. The fourth-order valence-electron chi connectivity index (χ4n) is 20.1. The molecule has 28 nitrogen and oxygen atoms in total. The summed E-state index contributed by atoms with van der Waals surface area (Å²) in [5.41, 5.74) is 0.621. The van der Waals surface area contributed by atoms with Crippen molar-refractivity contribution in [2.75, 3.05) is 0 Å². The summed E-state index contributed by atoms with van der Waals surface area (Å²) in [5.74, 6) is 1.46. The third-order valence-corrected chi connectivity index (χ3v) is 107. The van der Waals surface area contributed by atoms with Crippen LogP contribution in [-0.4, -0.2) is 150 Å². The molecule has 12 saturated heterocycles. The summed E-state index contributed by atoms with van der Waals surface area (Å²) in [6.07, 6.45) is 13.7. The van der Waals surface area contributed by atoms with E-state index in [1.54, 1.807) is 0 Å². The molecule has 12 aliphatic heterocycles. The summed E-state index contributed by atoms with van der Waals surface area (Å²) in [5, 5.41) is 5.30. The Labute approximate surface area is 914 Å². The molecule has 14 heterocycles. The Kier molecular flexibility index (Phi) is 41.1. The van der Waals surface area contributed by atoms with Crippen molar-refractivity contribution in [3.63, 3.8) is 0 Å². The maximum atomic E-state index is 8.04. The van der Waals surface area contributed by atoms with Gasteiger partial charge in [0.25, 0.3) is 0 Å². The summed E-state index contributed by atoms with van der Waals surface area (Å²) in [6.45, 7) is 60.9. The summed E-state index contributed by atoms with van der Waals surface area (Å²) in [6, 6.07) is 49.1. The van der Waals surface area contributed by atoms with E-state index in [-0.39, 0.29) is 164 Å². The number of halogens is 2. The van der Waals surface area contributed by atoms with Crippen molar-refractivity contribution in [1.82, 2.24) is 9.13 Å². The molecule has 0 amide bonds. The van der Waals surface area contributed by atoms with E-state index in [1.807, 2.05) is 35.4 Å². The van der Waals surface area contributed by atoms with Crippen molar-refractivity contribution in [2.45, 2.75) is 303 Å². The zero-order valence-electron chi connectivity index (χ0n) is 88.1. The Morgan fingerprint density at radius 1 is 0.245 bits per heavy atom. The molecule has 139 heavy (non-hydrogen) atoms. The molecule has 18 rings (SSSR count). The smallest absolute Gasteiger partial charge is 1.00 e. The molecule has 49 heteroatoms. The van der Waals surface area contributed by atoms with Gasteiger partial charge in [-0.2, -0.15) is 0 Å². The molecule has 0 unspecified atom stereocenters.